The van der Waals surface area contributed by atoms with Crippen molar-refractivity contribution in [2.45, 2.75) is 19.3 Å². The van der Waals surface area contributed by atoms with Gasteiger partial charge in [-0.25, -0.2) is 0 Å². The molecule has 0 aromatic heterocycles. The van der Waals surface area contributed by atoms with Crippen molar-refractivity contribution in [1.82, 2.24) is 0 Å². The molecule has 1 atom stereocenters. The second kappa shape index (κ2) is 5.59. The molecule has 0 radical (unpaired) electrons. The van der Waals surface area contributed by atoms with Crippen molar-refractivity contribution >= 4 is 5.69 Å². The van der Waals surface area contributed by atoms with Gasteiger partial charge in [-0.15, -0.1) is 0 Å². The lowest BCUT2D eigenvalue weighted by Crippen LogP contribution is -2.15. The molecule has 1 unspecified atom stereocenters. The summed E-state index contributed by atoms with van der Waals surface area (Å²) in [5, 5.41) is 3.48. The summed E-state index contributed by atoms with van der Waals surface area (Å²) in [7, 11) is 1.69. The maximum Gasteiger partial charge on any atom is 0.119 e. The van der Waals surface area contributed by atoms with Crippen molar-refractivity contribution < 1.29 is 4.74 Å². The molecule has 2 heteroatoms. The molecule has 0 bridgehead atoms. The molecule has 0 saturated carbocycles. The van der Waals surface area contributed by atoms with Gasteiger partial charge in [-0.05, 0) is 49.4 Å². The summed E-state index contributed by atoms with van der Waals surface area (Å²) in [5.41, 5.74) is 1.18. The van der Waals surface area contributed by atoms with Gasteiger partial charge < -0.3 is 10.1 Å². The van der Waals surface area contributed by atoms with Crippen LogP contribution in [-0.4, -0.2) is 13.7 Å². The molecule has 0 fully saturated rings. The quantitative estimate of drug-likeness (QED) is 0.780. The summed E-state index contributed by atoms with van der Waals surface area (Å²) in [5.74, 6) is 1.69. The molecule has 86 valence electrons. The lowest BCUT2D eigenvalue weighted by molar-refractivity contribution is 0.415. The van der Waals surface area contributed by atoms with E-state index in [1.807, 2.05) is 12.1 Å². The Bertz CT molecular complexity index is 342. The van der Waals surface area contributed by atoms with Crippen molar-refractivity contribution in [3.05, 3.63) is 36.4 Å². The number of rotatable bonds is 4. The third-order valence-electron chi connectivity index (χ3n) is 3.06. The Morgan fingerprint density at radius 1 is 1.25 bits per heavy atom. The fraction of sp³-hybridized carbons (Fsp3) is 0.429. The minimum atomic E-state index is 0.784. The van der Waals surface area contributed by atoms with Crippen LogP contribution in [0.25, 0.3) is 0 Å². The highest BCUT2D eigenvalue weighted by Gasteiger charge is 2.08. The van der Waals surface area contributed by atoms with Crippen LogP contribution in [-0.2, 0) is 0 Å². The van der Waals surface area contributed by atoms with Gasteiger partial charge in [0.05, 0.1) is 7.11 Å². The van der Waals surface area contributed by atoms with Crippen LogP contribution < -0.4 is 10.1 Å². The summed E-state index contributed by atoms with van der Waals surface area (Å²) < 4.78 is 5.13. The summed E-state index contributed by atoms with van der Waals surface area (Å²) in [6.45, 7) is 1.07. The van der Waals surface area contributed by atoms with Crippen molar-refractivity contribution in [1.29, 1.82) is 0 Å². The molecule has 2 rings (SSSR count). The van der Waals surface area contributed by atoms with Crippen molar-refractivity contribution in [3.8, 4) is 5.75 Å². The molecule has 1 aromatic rings. The lowest BCUT2D eigenvalue weighted by atomic mass is 9.94. The highest BCUT2D eigenvalue weighted by atomic mass is 16.5. The van der Waals surface area contributed by atoms with Gasteiger partial charge >= 0.3 is 0 Å². The molecule has 16 heavy (non-hydrogen) atoms. The minimum Gasteiger partial charge on any atom is -0.497 e. The Labute approximate surface area is 97.3 Å². The van der Waals surface area contributed by atoms with Crippen molar-refractivity contribution in [2.75, 3.05) is 19.0 Å². The molecule has 1 aromatic carbocycles. The first-order valence-corrected chi connectivity index (χ1v) is 5.91. The number of nitrogens with one attached hydrogen (secondary N) is 1. The van der Waals surface area contributed by atoms with Gasteiger partial charge in [0.25, 0.3) is 0 Å². The first-order valence-electron chi connectivity index (χ1n) is 5.91. The van der Waals surface area contributed by atoms with E-state index in [0.717, 1.165) is 18.2 Å². The summed E-state index contributed by atoms with van der Waals surface area (Å²) in [6.07, 6.45) is 8.32. The van der Waals surface area contributed by atoms with Gasteiger partial charge in [-0.1, -0.05) is 12.2 Å². The van der Waals surface area contributed by atoms with Crippen LogP contribution in [0.15, 0.2) is 36.4 Å². The van der Waals surface area contributed by atoms with E-state index in [0.29, 0.717) is 0 Å². The molecular formula is C14H19NO. The minimum absolute atomic E-state index is 0.784. The van der Waals surface area contributed by atoms with Gasteiger partial charge in [0.1, 0.15) is 5.75 Å². The van der Waals surface area contributed by atoms with Crippen molar-refractivity contribution in [2.24, 2.45) is 5.92 Å². The molecular weight excluding hydrogens is 198 g/mol. The second-order valence-electron chi connectivity index (χ2n) is 4.26. The van der Waals surface area contributed by atoms with Crippen LogP contribution in [0.5, 0.6) is 5.75 Å². The van der Waals surface area contributed by atoms with E-state index in [9.17, 15) is 0 Å². The van der Waals surface area contributed by atoms with E-state index >= 15 is 0 Å². The van der Waals surface area contributed by atoms with Crippen LogP contribution in [0.2, 0.25) is 0 Å². The standard InChI is InChI=1S/C14H19NO/c1-16-14-9-7-13(8-10-14)15-11-12-5-3-2-4-6-12/h2-3,7-10,12,15H,4-6,11H2,1H3. The monoisotopic (exact) mass is 217 g/mol. The second-order valence-corrected chi connectivity index (χ2v) is 4.26. The number of benzene rings is 1. The topological polar surface area (TPSA) is 21.3 Å². The maximum atomic E-state index is 5.13. The smallest absolute Gasteiger partial charge is 0.119 e. The average Bonchev–Trinajstić information content (AvgIpc) is 2.38. The highest BCUT2D eigenvalue weighted by molar-refractivity contribution is 5.46. The maximum absolute atomic E-state index is 5.13. The summed E-state index contributed by atoms with van der Waals surface area (Å²) >= 11 is 0. The first-order chi connectivity index (χ1) is 7.88. The number of allylic oxidation sites excluding steroid dienone is 2. The number of hydrogen-bond donors (Lipinski definition) is 1. The van der Waals surface area contributed by atoms with Gasteiger partial charge in [-0.2, -0.15) is 0 Å². The Balaban J connectivity index is 1.82. The molecule has 1 aliphatic carbocycles. The zero-order valence-corrected chi connectivity index (χ0v) is 9.78. The Hall–Kier alpha value is -1.44. The fourth-order valence-corrected chi connectivity index (χ4v) is 2.01. The van der Waals surface area contributed by atoms with E-state index in [2.05, 4.69) is 29.6 Å². The molecule has 0 heterocycles. The van der Waals surface area contributed by atoms with Crippen molar-refractivity contribution in [3.63, 3.8) is 0 Å². The highest BCUT2D eigenvalue weighted by Crippen LogP contribution is 2.20. The zero-order chi connectivity index (χ0) is 11.2. The molecule has 0 amide bonds. The van der Waals surface area contributed by atoms with Gasteiger partial charge in [0, 0.05) is 12.2 Å². The number of ether oxygens (including phenoxy) is 1. The normalized spacial score (nSPS) is 19.4. The molecule has 0 spiro atoms. The van der Waals surface area contributed by atoms with E-state index in [-0.39, 0.29) is 0 Å². The first kappa shape index (κ1) is 11.1. The largest absolute Gasteiger partial charge is 0.497 e. The van der Waals surface area contributed by atoms with Crippen LogP contribution in [0.4, 0.5) is 5.69 Å². The third kappa shape index (κ3) is 3.02. The van der Waals surface area contributed by atoms with E-state index in [1.165, 1.54) is 24.9 Å². The SMILES string of the molecule is COc1ccc(NCC2CC=CCC2)cc1. The zero-order valence-electron chi connectivity index (χ0n) is 9.78. The summed E-state index contributed by atoms with van der Waals surface area (Å²) in [4.78, 5) is 0. The molecule has 2 nitrogen and oxygen atoms in total. The van der Waals surface area contributed by atoms with Crippen LogP contribution in [0, 0.1) is 5.92 Å². The number of methoxy groups -OCH3 is 1. The van der Waals surface area contributed by atoms with Gasteiger partial charge in [-0.3, -0.25) is 0 Å². The van der Waals surface area contributed by atoms with E-state index in [4.69, 9.17) is 4.74 Å². The van der Waals surface area contributed by atoms with E-state index < -0.39 is 0 Å². The van der Waals surface area contributed by atoms with Gasteiger partial charge in [0.2, 0.25) is 0 Å². The molecule has 1 N–H and O–H groups in total. The Kier molecular flexibility index (Phi) is 3.86. The van der Waals surface area contributed by atoms with E-state index in [1.54, 1.807) is 7.11 Å². The fourth-order valence-electron chi connectivity index (χ4n) is 2.01. The van der Waals surface area contributed by atoms with Crippen LogP contribution >= 0.6 is 0 Å². The van der Waals surface area contributed by atoms with Crippen LogP contribution in [0.3, 0.4) is 0 Å². The molecule has 1 aliphatic rings. The lowest BCUT2D eigenvalue weighted by Gasteiger charge is -2.18. The predicted octanol–water partition coefficient (Wildman–Crippen LogP) is 3.46. The predicted molar refractivity (Wildman–Crippen MR) is 68.0 cm³/mol. The Morgan fingerprint density at radius 2 is 2.06 bits per heavy atom. The van der Waals surface area contributed by atoms with Crippen LogP contribution in [0.1, 0.15) is 19.3 Å². The number of hydrogen-bond acceptors (Lipinski definition) is 2. The Morgan fingerprint density at radius 3 is 2.69 bits per heavy atom. The third-order valence-corrected chi connectivity index (χ3v) is 3.06. The average molecular weight is 217 g/mol. The summed E-state index contributed by atoms with van der Waals surface area (Å²) in [6, 6.07) is 8.11. The molecule has 0 aliphatic heterocycles. The number of anilines is 1. The molecule has 0 saturated heterocycles. The van der Waals surface area contributed by atoms with Gasteiger partial charge in [0.15, 0.2) is 0 Å².